The Bertz CT molecular complexity index is 1190. The van der Waals surface area contributed by atoms with Gasteiger partial charge in [0.2, 0.25) is 5.91 Å². The van der Waals surface area contributed by atoms with Crippen molar-refractivity contribution in [2.24, 2.45) is 11.3 Å². The number of alkyl halides is 3. The maximum absolute atomic E-state index is 14.0. The van der Waals surface area contributed by atoms with Gasteiger partial charge >= 0.3 is 6.18 Å². The summed E-state index contributed by atoms with van der Waals surface area (Å²) in [7, 11) is 0. The van der Waals surface area contributed by atoms with E-state index in [2.05, 4.69) is 32.3 Å². The fourth-order valence-electron chi connectivity index (χ4n) is 7.01. The first-order chi connectivity index (χ1) is 17.2. The Morgan fingerprint density at radius 2 is 2.11 bits per heavy atom. The van der Waals surface area contributed by atoms with Crippen molar-refractivity contribution >= 4 is 21.8 Å². The summed E-state index contributed by atoms with van der Waals surface area (Å²) in [5.74, 6) is 1.34. The lowest BCUT2D eigenvalue weighted by atomic mass is 9.78. The second-order valence-corrected chi connectivity index (χ2v) is 11.6. The average molecular weight is 564 g/mol. The summed E-state index contributed by atoms with van der Waals surface area (Å²) in [6.45, 7) is 1.38. The molecule has 2 aliphatic carbocycles. The summed E-state index contributed by atoms with van der Waals surface area (Å²) in [6.07, 6.45) is 2.49. The number of fused-ring (bicyclic) bond motifs is 3. The Kier molecular flexibility index (Phi) is 6.06. The highest BCUT2D eigenvalue weighted by molar-refractivity contribution is 9.10. The summed E-state index contributed by atoms with van der Waals surface area (Å²) >= 11 is 3.57. The van der Waals surface area contributed by atoms with E-state index in [1.54, 1.807) is 4.90 Å². The van der Waals surface area contributed by atoms with E-state index in [1.807, 2.05) is 12.1 Å². The molecule has 1 aromatic heterocycles. The van der Waals surface area contributed by atoms with Crippen LogP contribution in [-0.2, 0) is 23.9 Å². The zero-order chi connectivity index (χ0) is 25.1. The number of pyridine rings is 1. The molecule has 2 fully saturated rings. The molecule has 36 heavy (non-hydrogen) atoms. The molecule has 4 atom stereocenters. The number of nitrogens with one attached hydrogen (secondary N) is 1. The van der Waals surface area contributed by atoms with Crippen LogP contribution in [0.25, 0.3) is 0 Å². The van der Waals surface area contributed by atoms with E-state index in [-0.39, 0.29) is 24.5 Å². The fourth-order valence-corrected chi connectivity index (χ4v) is 7.39. The van der Waals surface area contributed by atoms with Crippen LogP contribution in [-0.4, -0.2) is 35.0 Å². The molecule has 0 unspecified atom stereocenters. The van der Waals surface area contributed by atoms with Crippen LogP contribution in [0.5, 0.6) is 5.75 Å². The molecular formula is C27H29BrF3N3O2. The zero-order valence-electron chi connectivity index (χ0n) is 19.9. The molecule has 0 radical (unpaired) electrons. The van der Waals surface area contributed by atoms with Gasteiger partial charge in [-0.3, -0.25) is 9.78 Å². The molecule has 0 bridgehead atoms. The number of nitrogens with zero attached hydrogens (tertiary/aromatic N) is 2. The van der Waals surface area contributed by atoms with Crippen molar-refractivity contribution in [2.75, 3.05) is 13.2 Å². The lowest BCUT2D eigenvalue weighted by Crippen LogP contribution is -2.47. The Labute approximate surface area is 216 Å². The third-order valence-electron chi connectivity index (χ3n) is 8.66. The Morgan fingerprint density at radius 1 is 1.25 bits per heavy atom. The third-order valence-corrected chi connectivity index (χ3v) is 9.16. The number of hydrogen-bond donors (Lipinski definition) is 1. The summed E-state index contributed by atoms with van der Waals surface area (Å²) in [5, 5.41) is 3.85. The normalized spacial score (nSPS) is 29.3. The van der Waals surface area contributed by atoms with E-state index in [0.717, 1.165) is 60.5 Å². The average Bonchev–Trinajstić information content (AvgIpc) is 3.40. The summed E-state index contributed by atoms with van der Waals surface area (Å²) < 4.78 is 46.6. The van der Waals surface area contributed by atoms with Crippen molar-refractivity contribution in [3.8, 4) is 5.75 Å². The van der Waals surface area contributed by atoms with Gasteiger partial charge in [0.15, 0.2) is 0 Å². The molecule has 1 aromatic carbocycles. The molecule has 0 spiro atoms. The van der Waals surface area contributed by atoms with Crippen molar-refractivity contribution in [3.63, 3.8) is 0 Å². The Morgan fingerprint density at radius 3 is 2.94 bits per heavy atom. The van der Waals surface area contributed by atoms with Crippen LogP contribution >= 0.6 is 15.9 Å². The van der Waals surface area contributed by atoms with E-state index in [9.17, 15) is 18.0 Å². The summed E-state index contributed by atoms with van der Waals surface area (Å²) in [5.41, 5.74) is 1.17. The second-order valence-electron chi connectivity index (χ2n) is 10.7. The minimum atomic E-state index is -4.44. The molecule has 2 aromatic rings. The van der Waals surface area contributed by atoms with Gasteiger partial charge in [0.1, 0.15) is 5.75 Å². The van der Waals surface area contributed by atoms with Crippen molar-refractivity contribution < 1.29 is 22.7 Å². The van der Waals surface area contributed by atoms with Gasteiger partial charge in [-0.25, -0.2) is 0 Å². The predicted molar refractivity (Wildman–Crippen MR) is 131 cm³/mol. The number of hydrogen-bond acceptors (Lipinski definition) is 4. The van der Waals surface area contributed by atoms with Gasteiger partial charge in [0, 0.05) is 59.9 Å². The topological polar surface area (TPSA) is 54.5 Å². The minimum absolute atomic E-state index is 0.118. The standard InChI is InChI=1S/C27H29BrF3N3O2/c28-19-3-4-24-21(12-19)23(6-9-36-24)33-20-11-17-2-1-7-26(17,13-20)25(35)34-8-5-22-16(15-34)10-18(14-32-22)27(29,30)31/h3-4,10,12,14,17,20,23,33H,1-2,5-9,11,13,15H2/t17-,20-,23+,26-/m1/s1. The maximum atomic E-state index is 14.0. The van der Waals surface area contributed by atoms with Gasteiger partial charge in [0.25, 0.3) is 0 Å². The molecule has 3 heterocycles. The first-order valence-electron chi connectivity index (χ1n) is 12.8. The number of benzene rings is 1. The molecule has 9 heteroatoms. The van der Waals surface area contributed by atoms with Gasteiger partial charge < -0.3 is 15.0 Å². The monoisotopic (exact) mass is 563 g/mol. The van der Waals surface area contributed by atoms with E-state index in [1.165, 1.54) is 6.07 Å². The van der Waals surface area contributed by atoms with E-state index in [0.29, 0.717) is 36.7 Å². The SMILES string of the molecule is O=C(N1CCc2ncc(C(F)(F)F)cc2C1)[C@@]12CCC[C@@H]1C[C@@H](N[C@H]1CCOc3ccc(Br)cc31)C2. The van der Waals surface area contributed by atoms with Crippen LogP contribution in [0.1, 0.15) is 67.0 Å². The number of carbonyl (C=O) groups excluding carboxylic acids is 1. The third kappa shape index (κ3) is 4.22. The predicted octanol–water partition coefficient (Wildman–Crippen LogP) is 5.81. The Hall–Kier alpha value is -2.13. The van der Waals surface area contributed by atoms with Gasteiger partial charge in [-0.05, 0) is 61.4 Å². The summed E-state index contributed by atoms with van der Waals surface area (Å²) in [4.78, 5) is 19.9. The molecule has 0 saturated heterocycles. The molecule has 6 rings (SSSR count). The molecular weight excluding hydrogens is 535 g/mol. The quantitative estimate of drug-likeness (QED) is 0.512. The molecule has 1 N–H and O–H groups in total. The van der Waals surface area contributed by atoms with E-state index < -0.39 is 17.2 Å². The highest BCUT2D eigenvalue weighted by Gasteiger charge is 2.56. The first-order valence-corrected chi connectivity index (χ1v) is 13.5. The van der Waals surface area contributed by atoms with Crippen LogP contribution in [0.4, 0.5) is 13.2 Å². The summed E-state index contributed by atoms with van der Waals surface area (Å²) in [6, 6.07) is 7.66. The van der Waals surface area contributed by atoms with Crippen LogP contribution in [0.2, 0.25) is 0 Å². The van der Waals surface area contributed by atoms with Gasteiger partial charge in [0.05, 0.1) is 17.6 Å². The number of rotatable bonds is 3. The first kappa shape index (κ1) is 24.2. The molecule has 4 aliphatic rings. The molecule has 5 nitrogen and oxygen atoms in total. The van der Waals surface area contributed by atoms with Crippen LogP contribution in [0.15, 0.2) is 34.9 Å². The lowest BCUT2D eigenvalue weighted by molar-refractivity contribution is -0.144. The highest BCUT2D eigenvalue weighted by Crippen LogP contribution is 2.56. The molecule has 2 aliphatic heterocycles. The van der Waals surface area contributed by atoms with Crippen molar-refractivity contribution in [1.82, 2.24) is 15.2 Å². The number of halogens is 4. The largest absolute Gasteiger partial charge is 0.493 e. The smallest absolute Gasteiger partial charge is 0.417 e. The number of carbonyl (C=O) groups is 1. The Balaban J connectivity index is 1.20. The highest BCUT2D eigenvalue weighted by atomic mass is 79.9. The molecule has 2 saturated carbocycles. The van der Waals surface area contributed by atoms with Crippen molar-refractivity contribution in [3.05, 3.63) is 57.3 Å². The zero-order valence-corrected chi connectivity index (χ0v) is 21.5. The lowest BCUT2D eigenvalue weighted by Gasteiger charge is -2.37. The van der Waals surface area contributed by atoms with Gasteiger partial charge in [-0.15, -0.1) is 0 Å². The van der Waals surface area contributed by atoms with E-state index in [4.69, 9.17) is 4.74 Å². The van der Waals surface area contributed by atoms with Crippen molar-refractivity contribution in [2.45, 2.75) is 69.8 Å². The number of ether oxygens (including phenoxy) is 1. The van der Waals surface area contributed by atoms with Gasteiger partial charge in [-0.2, -0.15) is 13.2 Å². The molecule has 1 amide bonds. The van der Waals surface area contributed by atoms with E-state index >= 15 is 0 Å². The van der Waals surface area contributed by atoms with Crippen LogP contribution in [0.3, 0.4) is 0 Å². The van der Waals surface area contributed by atoms with Crippen molar-refractivity contribution in [1.29, 1.82) is 0 Å². The van der Waals surface area contributed by atoms with Crippen LogP contribution < -0.4 is 10.1 Å². The van der Waals surface area contributed by atoms with Gasteiger partial charge in [-0.1, -0.05) is 22.4 Å². The van der Waals surface area contributed by atoms with Crippen LogP contribution in [0, 0.1) is 11.3 Å². The second kappa shape index (κ2) is 9.01. The number of aromatic nitrogens is 1. The maximum Gasteiger partial charge on any atom is 0.417 e. The fraction of sp³-hybridized carbons (Fsp3) is 0.556. The number of amides is 1. The molecule has 192 valence electrons. The minimum Gasteiger partial charge on any atom is -0.493 e.